The van der Waals surface area contributed by atoms with Crippen molar-refractivity contribution in [3.05, 3.63) is 52.6 Å². The van der Waals surface area contributed by atoms with Gasteiger partial charge in [0.15, 0.2) is 0 Å². The molecule has 0 bridgehead atoms. The van der Waals surface area contributed by atoms with Gasteiger partial charge in [-0.05, 0) is 30.9 Å². The van der Waals surface area contributed by atoms with Crippen LogP contribution in [0.1, 0.15) is 40.2 Å². The number of aromatic amines is 1. The fourth-order valence-electron chi connectivity index (χ4n) is 4.10. The molecule has 0 radical (unpaired) electrons. The van der Waals surface area contributed by atoms with Gasteiger partial charge in [-0.2, -0.15) is 4.67 Å². The molecular weight excluding hydrogens is 534 g/mol. The Hall–Kier alpha value is -2.83. The van der Waals surface area contributed by atoms with Crippen molar-refractivity contribution in [2.45, 2.75) is 58.7 Å². The first-order valence-corrected chi connectivity index (χ1v) is 14.1. The van der Waals surface area contributed by atoms with Gasteiger partial charge in [0.2, 0.25) is 5.85 Å². The van der Waals surface area contributed by atoms with Gasteiger partial charge in [-0.3, -0.25) is 14.3 Å². The topological polar surface area (TPSA) is 177 Å². The highest BCUT2D eigenvalue weighted by atomic mass is 31.2. The molecule has 1 saturated heterocycles. The minimum absolute atomic E-state index is 0.0480. The van der Waals surface area contributed by atoms with Gasteiger partial charge in [0.05, 0.1) is 18.3 Å². The summed E-state index contributed by atoms with van der Waals surface area (Å²) in [6.07, 6.45) is -1.88. The van der Waals surface area contributed by atoms with Crippen molar-refractivity contribution in [2.24, 2.45) is 17.8 Å². The number of nitrogens with two attached hydrogens (primary N) is 1. The highest BCUT2D eigenvalue weighted by molar-refractivity contribution is 7.51. The third-order valence-corrected chi connectivity index (χ3v) is 9.17. The minimum atomic E-state index is -4.43. The van der Waals surface area contributed by atoms with E-state index in [1.807, 2.05) is 20.8 Å². The Bertz CT molecular complexity index is 1250. The monoisotopic (exact) mass is 570 g/mol. The largest absolute Gasteiger partial charge is 0.480 e. The van der Waals surface area contributed by atoms with Crippen molar-refractivity contribution in [3.63, 3.8) is 0 Å². The first-order chi connectivity index (χ1) is 18.2. The van der Waals surface area contributed by atoms with Crippen molar-refractivity contribution in [1.29, 1.82) is 0 Å². The van der Waals surface area contributed by atoms with Gasteiger partial charge < -0.3 is 25.2 Å². The summed E-state index contributed by atoms with van der Waals surface area (Å²) >= 11 is 0. The number of halogens is 1. The molecule has 216 valence electrons. The Morgan fingerprint density at radius 1 is 1.31 bits per heavy atom. The number of alkyl halides is 1. The van der Waals surface area contributed by atoms with Crippen LogP contribution in [-0.2, 0) is 24.5 Å². The molecule has 2 aromatic rings. The predicted octanol–water partition coefficient (Wildman–Crippen LogP) is 3.14. The number of carboxylic acid groups (broad SMARTS) is 1. The second-order valence-corrected chi connectivity index (χ2v) is 12.0. The number of aliphatic hydroxyl groups excluding tert-OH is 1. The summed E-state index contributed by atoms with van der Waals surface area (Å²) in [5, 5.41) is 20.6. The van der Waals surface area contributed by atoms with Crippen LogP contribution in [0.3, 0.4) is 0 Å². The number of carbonyl (C=O) groups is 1. The zero-order valence-electron chi connectivity index (χ0n) is 22.5. The van der Waals surface area contributed by atoms with Crippen LogP contribution in [0.25, 0.3) is 0 Å². The van der Waals surface area contributed by atoms with E-state index in [2.05, 4.69) is 9.97 Å². The number of anilines is 1. The summed E-state index contributed by atoms with van der Waals surface area (Å²) < 4.78 is 48.7. The number of benzene rings is 1. The lowest BCUT2D eigenvalue weighted by Gasteiger charge is -2.35. The molecule has 5 N–H and O–H groups in total. The highest BCUT2D eigenvalue weighted by Gasteiger charge is 2.56. The number of carboxylic acids is 1. The second-order valence-electron chi connectivity index (χ2n) is 10.1. The number of hydrogen-bond donors (Lipinski definition) is 4. The number of aromatic nitrogens is 2. The summed E-state index contributed by atoms with van der Waals surface area (Å²) in [7, 11) is -4.43. The van der Waals surface area contributed by atoms with Crippen molar-refractivity contribution in [3.8, 4) is 5.75 Å². The molecule has 12 nitrogen and oxygen atoms in total. The highest BCUT2D eigenvalue weighted by Crippen LogP contribution is 2.55. The summed E-state index contributed by atoms with van der Waals surface area (Å²) in [6, 6.07) is 6.81. The van der Waals surface area contributed by atoms with Crippen LogP contribution in [0, 0.1) is 17.8 Å². The summed E-state index contributed by atoms with van der Waals surface area (Å²) in [5.41, 5.74) is 4.72. The lowest BCUT2D eigenvalue weighted by molar-refractivity contribution is -0.166. The van der Waals surface area contributed by atoms with Crippen LogP contribution >= 0.6 is 7.75 Å². The summed E-state index contributed by atoms with van der Waals surface area (Å²) in [4.78, 5) is 29.2. The Balaban J connectivity index is 1.94. The lowest BCUT2D eigenvalue weighted by atomic mass is 9.92. The third kappa shape index (κ3) is 6.67. The number of aliphatic carboxylic acids is 1. The van der Waals surface area contributed by atoms with E-state index in [1.165, 1.54) is 26.0 Å². The summed E-state index contributed by atoms with van der Waals surface area (Å²) in [6.45, 7) is 7.94. The summed E-state index contributed by atoms with van der Waals surface area (Å²) in [5.74, 6) is -5.24. The average Bonchev–Trinajstić information content (AvgIpc) is 3.09. The maximum atomic E-state index is 16.1. The molecule has 1 fully saturated rings. The van der Waals surface area contributed by atoms with Crippen LogP contribution in [0.15, 0.2) is 41.3 Å². The lowest BCUT2D eigenvalue weighted by Crippen LogP contribution is -2.42. The molecular formula is C25H36FN4O8P. The Morgan fingerprint density at radius 2 is 1.95 bits per heavy atom. The smallest absolute Gasteiger partial charge is 0.462 e. The van der Waals surface area contributed by atoms with Crippen LogP contribution in [0.5, 0.6) is 5.75 Å². The average molecular weight is 571 g/mol. The number of hydrogen-bond acceptors (Lipinski definition) is 9. The predicted molar refractivity (Wildman–Crippen MR) is 141 cm³/mol. The van der Waals surface area contributed by atoms with Gasteiger partial charge in [0, 0.05) is 18.7 Å². The fourth-order valence-corrected chi connectivity index (χ4v) is 6.11. The SMILES string of the molecule is CC(C)C(C)CN([C@@H](C)C(=O)O)[P@@](=O)(OC[C@H]1O[C@@](F)(c2cnc(=O)[nH]c2N)[C@H](C)[C@@H]1O)Oc1ccccc1. The number of rotatable bonds is 12. The third-order valence-electron chi connectivity index (χ3n) is 7.11. The molecule has 1 aromatic heterocycles. The van der Waals surface area contributed by atoms with Crippen molar-refractivity contribution < 1.29 is 37.7 Å². The molecule has 39 heavy (non-hydrogen) atoms. The molecule has 1 aromatic carbocycles. The number of ether oxygens (including phenoxy) is 1. The van der Waals surface area contributed by atoms with Gasteiger partial charge in [0.1, 0.15) is 23.7 Å². The molecule has 3 rings (SSSR count). The van der Waals surface area contributed by atoms with E-state index in [1.54, 1.807) is 18.2 Å². The van der Waals surface area contributed by atoms with Gasteiger partial charge in [-0.15, -0.1) is 0 Å². The van der Waals surface area contributed by atoms with Crippen molar-refractivity contribution in [2.75, 3.05) is 18.9 Å². The molecule has 14 heteroatoms. The first kappa shape index (κ1) is 30.7. The number of nitrogens with one attached hydrogen (secondary N) is 1. The van der Waals surface area contributed by atoms with Crippen LogP contribution < -0.4 is 15.9 Å². The molecule has 1 aliphatic rings. The van der Waals surface area contributed by atoms with E-state index < -0.39 is 56.0 Å². The minimum Gasteiger partial charge on any atom is -0.480 e. The van der Waals surface area contributed by atoms with E-state index >= 15 is 4.39 Å². The van der Waals surface area contributed by atoms with Gasteiger partial charge in [-0.25, -0.2) is 18.7 Å². The molecule has 1 unspecified atom stereocenters. The Kier molecular flexibility index (Phi) is 9.56. The standard InChI is InChI=1S/C25H36FN4O8P/c1-14(2)15(3)12-30(17(5)23(32)33)39(35,38-18-9-7-6-8-10-18)36-13-20-21(31)16(4)25(26,37-20)19-11-28-24(34)29-22(19)27/h6-11,14-17,20-21,31H,12-13H2,1-5H3,(H,32,33)(H3,27,28,29,34)/t15?,16-,17+,20-,21+,25-,39-/m1/s1. The van der Waals surface area contributed by atoms with E-state index in [-0.39, 0.29) is 35.5 Å². The Morgan fingerprint density at radius 3 is 2.51 bits per heavy atom. The fraction of sp³-hybridized carbons (Fsp3) is 0.560. The molecule has 0 amide bonds. The zero-order chi connectivity index (χ0) is 29.1. The van der Waals surface area contributed by atoms with Gasteiger partial charge >= 0.3 is 19.4 Å². The normalized spacial score (nSPS) is 26.3. The number of para-hydroxylation sites is 1. The molecule has 0 aliphatic carbocycles. The molecule has 1 aliphatic heterocycles. The maximum absolute atomic E-state index is 16.1. The molecule has 0 saturated carbocycles. The second kappa shape index (κ2) is 12.1. The van der Waals surface area contributed by atoms with E-state index in [9.17, 15) is 24.4 Å². The van der Waals surface area contributed by atoms with Gasteiger partial charge in [0.25, 0.3) is 0 Å². The van der Waals surface area contributed by atoms with E-state index in [4.69, 9.17) is 19.5 Å². The Labute approximate surface area is 225 Å². The maximum Gasteiger partial charge on any atom is 0.462 e. The van der Waals surface area contributed by atoms with Crippen molar-refractivity contribution >= 4 is 19.5 Å². The van der Waals surface area contributed by atoms with Crippen LogP contribution in [0.2, 0.25) is 0 Å². The molecule has 7 atom stereocenters. The van der Waals surface area contributed by atoms with Crippen LogP contribution in [-0.4, -0.2) is 62.2 Å². The number of H-pyrrole nitrogens is 1. The quantitative estimate of drug-likeness (QED) is 0.276. The molecule has 0 spiro atoms. The van der Waals surface area contributed by atoms with Gasteiger partial charge in [-0.1, -0.05) is 45.9 Å². The van der Waals surface area contributed by atoms with Crippen molar-refractivity contribution in [1.82, 2.24) is 14.6 Å². The number of nitrogen functional groups attached to an aromatic ring is 1. The number of nitrogens with zero attached hydrogens (tertiary/aromatic N) is 2. The van der Waals surface area contributed by atoms with Crippen LogP contribution in [0.4, 0.5) is 10.2 Å². The molecule has 2 heterocycles. The van der Waals surface area contributed by atoms with E-state index in [0.717, 1.165) is 10.9 Å². The van der Waals surface area contributed by atoms with E-state index in [0.29, 0.717) is 0 Å². The zero-order valence-corrected chi connectivity index (χ0v) is 23.4. The number of aliphatic hydroxyl groups is 1. The first-order valence-electron chi connectivity index (χ1n) is 12.6.